The van der Waals surface area contributed by atoms with Crippen molar-refractivity contribution in [2.24, 2.45) is 0 Å². The van der Waals surface area contributed by atoms with Crippen molar-refractivity contribution in [1.82, 2.24) is 4.98 Å². The molecule has 2 aromatic carbocycles. The van der Waals surface area contributed by atoms with E-state index in [2.05, 4.69) is 4.98 Å². The Labute approximate surface area is 193 Å². The van der Waals surface area contributed by atoms with E-state index < -0.39 is 17.7 Å². The van der Waals surface area contributed by atoms with Gasteiger partial charge in [0.25, 0.3) is 11.7 Å². The molecule has 1 atom stereocenters. The number of hydrogen-bond acceptors (Lipinski definition) is 4. The van der Waals surface area contributed by atoms with Crippen LogP contribution in [0, 0.1) is 6.92 Å². The highest BCUT2D eigenvalue weighted by molar-refractivity contribution is 6.52. The number of anilines is 1. The maximum Gasteiger partial charge on any atom is 0.300 e. The van der Waals surface area contributed by atoms with Crippen LogP contribution in [0.3, 0.4) is 0 Å². The predicted octanol–water partition coefficient (Wildman–Crippen LogP) is 5.98. The molecule has 1 aromatic heterocycles. The van der Waals surface area contributed by atoms with Gasteiger partial charge in [-0.25, -0.2) is 0 Å². The van der Waals surface area contributed by atoms with Crippen LogP contribution in [0.25, 0.3) is 5.76 Å². The van der Waals surface area contributed by atoms with Crippen LogP contribution in [-0.4, -0.2) is 21.8 Å². The summed E-state index contributed by atoms with van der Waals surface area (Å²) in [7, 11) is 0. The molecule has 0 spiro atoms. The van der Waals surface area contributed by atoms with Gasteiger partial charge in [-0.3, -0.25) is 19.5 Å². The fourth-order valence-electron chi connectivity index (χ4n) is 3.59. The van der Waals surface area contributed by atoms with E-state index in [1.807, 2.05) is 0 Å². The molecule has 31 heavy (non-hydrogen) atoms. The minimum absolute atomic E-state index is 0.0866. The lowest BCUT2D eigenvalue weighted by molar-refractivity contribution is -0.132. The Balaban J connectivity index is 1.97. The second kappa shape index (κ2) is 8.35. The maximum atomic E-state index is 13.1. The number of amides is 1. The summed E-state index contributed by atoms with van der Waals surface area (Å²) in [5, 5.41) is 12.1. The van der Waals surface area contributed by atoms with E-state index >= 15 is 0 Å². The van der Waals surface area contributed by atoms with Crippen molar-refractivity contribution in [3.63, 3.8) is 0 Å². The smallest absolute Gasteiger partial charge is 0.300 e. The molecular formula is C23H15Cl3N2O3. The number of carbonyl (C=O) groups excluding carboxylic acids is 2. The summed E-state index contributed by atoms with van der Waals surface area (Å²) in [4.78, 5) is 31.9. The molecule has 1 aliphatic rings. The summed E-state index contributed by atoms with van der Waals surface area (Å²) < 4.78 is 0. The molecular weight excluding hydrogens is 459 g/mol. The lowest BCUT2D eigenvalue weighted by Crippen LogP contribution is -2.30. The Morgan fingerprint density at radius 1 is 1.00 bits per heavy atom. The Kier molecular flexibility index (Phi) is 5.75. The Bertz CT molecular complexity index is 1240. The molecule has 2 heterocycles. The standard InChI is InChI=1S/C23H15Cl3N2O3/c1-12-10-14(24)6-8-18(12)28-20(17-4-2-3-9-27-17)19(22(30)23(28)31)21(29)13-5-7-15(25)16(26)11-13/h2-11,20,29H,1H3/b21-19+. The van der Waals surface area contributed by atoms with Gasteiger partial charge in [0, 0.05) is 22.5 Å². The molecule has 156 valence electrons. The molecule has 0 bridgehead atoms. The molecule has 4 rings (SSSR count). The Morgan fingerprint density at radius 2 is 1.77 bits per heavy atom. The summed E-state index contributed by atoms with van der Waals surface area (Å²) in [5.41, 5.74) is 1.80. The largest absolute Gasteiger partial charge is 0.507 e. The molecule has 0 saturated carbocycles. The number of pyridine rings is 1. The van der Waals surface area contributed by atoms with Gasteiger partial charge in [0.15, 0.2) is 0 Å². The zero-order valence-corrected chi connectivity index (χ0v) is 18.4. The predicted molar refractivity (Wildman–Crippen MR) is 122 cm³/mol. The van der Waals surface area contributed by atoms with Gasteiger partial charge in [0.2, 0.25) is 0 Å². The van der Waals surface area contributed by atoms with Gasteiger partial charge in [-0.2, -0.15) is 0 Å². The van der Waals surface area contributed by atoms with Gasteiger partial charge in [0.1, 0.15) is 11.8 Å². The Morgan fingerprint density at radius 3 is 2.42 bits per heavy atom. The number of Topliss-reactive ketones (excluding diaryl/α,β-unsaturated/α-hetero) is 1. The highest BCUT2D eigenvalue weighted by atomic mass is 35.5. The van der Waals surface area contributed by atoms with Crippen molar-refractivity contribution in [3.05, 3.63) is 98.3 Å². The molecule has 1 N–H and O–H groups in total. The third-order valence-corrected chi connectivity index (χ3v) is 6.00. The molecule has 0 radical (unpaired) electrons. The molecule has 0 aliphatic carbocycles. The van der Waals surface area contributed by atoms with Crippen molar-refractivity contribution in [2.45, 2.75) is 13.0 Å². The number of halogens is 3. The first-order valence-corrected chi connectivity index (χ1v) is 10.4. The average molecular weight is 474 g/mol. The van der Waals surface area contributed by atoms with Gasteiger partial charge < -0.3 is 5.11 Å². The first kappa shape index (κ1) is 21.4. The highest BCUT2D eigenvalue weighted by Gasteiger charge is 2.48. The number of aryl methyl sites for hydroxylation is 1. The van der Waals surface area contributed by atoms with Crippen LogP contribution >= 0.6 is 34.8 Å². The topological polar surface area (TPSA) is 70.5 Å². The fraction of sp³-hybridized carbons (Fsp3) is 0.0870. The third-order valence-electron chi connectivity index (χ3n) is 5.02. The molecule has 3 aromatic rings. The van der Waals surface area contributed by atoms with E-state index in [1.165, 1.54) is 23.1 Å². The monoisotopic (exact) mass is 472 g/mol. The number of ketones is 1. The first-order valence-electron chi connectivity index (χ1n) is 9.23. The van der Waals surface area contributed by atoms with E-state index in [0.717, 1.165) is 0 Å². The highest BCUT2D eigenvalue weighted by Crippen LogP contribution is 2.43. The number of aliphatic hydroxyl groups is 1. The van der Waals surface area contributed by atoms with Crippen LogP contribution in [0.2, 0.25) is 15.1 Å². The van der Waals surface area contributed by atoms with Crippen LogP contribution in [0.15, 0.2) is 66.4 Å². The Hall–Kier alpha value is -2.86. The number of benzene rings is 2. The number of rotatable bonds is 3. The second-order valence-electron chi connectivity index (χ2n) is 6.98. The minimum Gasteiger partial charge on any atom is -0.507 e. The van der Waals surface area contributed by atoms with E-state index in [0.29, 0.717) is 27.0 Å². The average Bonchev–Trinajstić information content (AvgIpc) is 3.01. The molecule has 5 nitrogen and oxygen atoms in total. The molecule has 1 amide bonds. The van der Waals surface area contributed by atoms with Crippen LogP contribution in [0.1, 0.15) is 22.9 Å². The SMILES string of the molecule is Cc1cc(Cl)ccc1N1C(=O)C(=O)/C(=C(/O)c2ccc(Cl)c(Cl)c2)C1c1ccccn1. The van der Waals surface area contributed by atoms with Crippen molar-refractivity contribution >= 4 is 57.9 Å². The van der Waals surface area contributed by atoms with E-state index in [9.17, 15) is 14.7 Å². The third kappa shape index (κ3) is 3.81. The molecule has 8 heteroatoms. The number of aromatic nitrogens is 1. The number of hydrogen-bond donors (Lipinski definition) is 1. The van der Waals surface area contributed by atoms with Gasteiger partial charge in [-0.15, -0.1) is 0 Å². The number of aliphatic hydroxyl groups excluding tert-OH is 1. The summed E-state index contributed by atoms with van der Waals surface area (Å²) in [6, 6.07) is 13.7. The van der Waals surface area contributed by atoms with Gasteiger partial charge >= 0.3 is 0 Å². The zero-order valence-electron chi connectivity index (χ0n) is 16.1. The summed E-state index contributed by atoms with van der Waals surface area (Å²) >= 11 is 18.1. The van der Waals surface area contributed by atoms with Crippen LogP contribution < -0.4 is 4.90 Å². The van der Waals surface area contributed by atoms with Crippen LogP contribution in [0.4, 0.5) is 5.69 Å². The zero-order chi connectivity index (χ0) is 22.3. The van der Waals surface area contributed by atoms with Crippen molar-refractivity contribution in [2.75, 3.05) is 4.90 Å². The van der Waals surface area contributed by atoms with Crippen LogP contribution in [-0.2, 0) is 9.59 Å². The van der Waals surface area contributed by atoms with E-state index in [-0.39, 0.29) is 21.9 Å². The molecule has 1 aliphatic heterocycles. The molecule has 1 saturated heterocycles. The van der Waals surface area contributed by atoms with Crippen molar-refractivity contribution < 1.29 is 14.7 Å². The fourth-order valence-corrected chi connectivity index (χ4v) is 4.11. The van der Waals surface area contributed by atoms with Gasteiger partial charge in [-0.1, -0.05) is 40.9 Å². The minimum atomic E-state index is -0.935. The summed E-state index contributed by atoms with van der Waals surface area (Å²) in [6.07, 6.45) is 1.56. The van der Waals surface area contributed by atoms with Crippen LogP contribution in [0.5, 0.6) is 0 Å². The molecule has 1 fully saturated rings. The number of nitrogens with zero attached hydrogens (tertiary/aromatic N) is 2. The van der Waals surface area contributed by atoms with Crippen molar-refractivity contribution in [1.29, 1.82) is 0 Å². The van der Waals surface area contributed by atoms with E-state index in [4.69, 9.17) is 34.8 Å². The molecule has 1 unspecified atom stereocenters. The second-order valence-corrected chi connectivity index (χ2v) is 8.23. The van der Waals surface area contributed by atoms with Crippen molar-refractivity contribution in [3.8, 4) is 0 Å². The lowest BCUT2D eigenvalue weighted by atomic mass is 9.98. The van der Waals surface area contributed by atoms with E-state index in [1.54, 1.807) is 49.5 Å². The number of carbonyl (C=O) groups is 2. The lowest BCUT2D eigenvalue weighted by Gasteiger charge is -2.26. The van der Waals surface area contributed by atoms with Gasteiger partial charge in [-0.05, 0) is 61.0 Å². The summed E-state index contributed by atoms with van der Waals surface area (Å²) in [6.45, 7) is 1.79. The normalized spacial score (nSPS) is 17.9. The quantitative estimate of drug-likeness (QED) is 0.289. The van der Waals surface area contributed by atoms with Gasteiger partial charge in [0.05, 0.1) is 21.3 Å². The maximum absolute atomic E-state index is 13.1. The summed E-state index contributed by atoms with van der Waals surface area (Å²) in [5.74, 6) is -1.96. The first-order chi connectivity index (χ1) is 14.8.